The van der Waals surface area contributed by atoms with Crippen LogP contribution in [0.4, 0.5) is 13.2 Å². The summed E-state index contributed by atoms with van der Waals surface area (Å²) in [5, 5.41) is 11.1. The lowest BCUT2D eigenvalue weighted by molar-refractivity contribution is -0.141. The Labute approximate surface area is 116 Å². The summed E-state index contributed by atoms with van der Waals surface area (Å²) in [7, 11) is 0. The number of nitrogens with one attached hydrogen (secondary N) is 2. The van der Waals surface area contributed by atoms with Gasteiger partial charge in [0.15, 0.2) is 0 Å². The standard InChI is InChI=1S/C12H11F3N2O4/c13-12(14,15)7-4-3-6(9(18)16-7)10(19)17-8(11(20)21)5-1-2-5/h3-5,8H,1-2H2,(H,16,18)(H,17,19)(H,20,21). The largest absolute Gasteiger partial charge is 0.480 e. The number of alkyl halides is 3. The van der Waals surface area contributed by atoms with Gasteiger partial charge in [-0.15, -0.1) is 0 Å². The Kier molecular flexibility index (Phi) is 3.75. The molecule has 2 rings (SSSR count). The summed E-state index contributed by atoms with van der Waals surface area (Å²) in [6.45, 7) is 0. The third kappa shape index (κ3) is 3.41. The number of aromatic amines is 1. The number of pyridine rings is 1. The molecule has 0 radical (unpaired) electrons. The van der Waals surface area contributed by atoms with Gasteiger partial charge >= 0.3 is 12.1 Å². The summed E-state index contributed by atoms with van der Waals surface area (Å²) in [5.41, 5.74) is -3.06. The smallest absolute Gasteiger partial charge is 0.431 e. The molecule has 1 aromatic heterocycles. The molecule has 9 heteroatoms. The van der Waals surface area contributed by atoms with Crippen molar-refractivity contribution in [2.45, 2.75) is 25.1 Å². The van der Waals surface area contributed by atoms with Gasteiger partial charge in [0.1, 0.15) is 17.3 Å². The topological polar surface area (TPSA) is 99.3 Å². The molecule has 1 aromatic rings. The van der Waals surface area contributed by atoms with Gasteiger partial charge < -0.3 is 15.4 Å². The van der Waals surface area contributed by atoms with Crippen molar-refractivity contribution in [3.8, 4) is 0 Å². The fourth-order valence-corrected chi connectivity index (χ4v) is 1.85. The predicted molar refractivity (Wildman–Crippen MR) is 63.7 cm³/mol. The third-order valence-corrected chi connectivity index (χ3v) is 3.11. The molecule has 0 aliphatic heterocycles. The van der Waals surface area contributed by atoms with Crippen molar-refractivity contribution in [1.29, 1.82) is 0 Å². The van der Waals surface area contributed by atoms with Crippen LogP contribution in [0.5, 0.6) is 0 Å². The molecule has 21 heavy (non-hydrogen) atoms. The molecule has 1 aliphatic rings. The highest BCUT2D eigenvalue weighted by atomic mass is 19.4. The SMILES string of the molecule is O=C(NC(C(=O)O)C1CC1)c1ccc(C(F)(F)F)[nH]c1=O. The van der Waals surface area contributed by atoms with Crippen LogP contribution in [0.25, 0.3) is 0 Å². The van der Waals surface area contributed by atoms with Gasteiger partial charge in [0.25, 0.3) is 11.5 Å². The van der Waals surface area contributed by atoms with Gasteiger partial charge in [-0.2, -0.15) is 13.2 Å². The van der Waals surface area contributed by atoms with Crippen molar-refractivity contribution in [2.24, 2.45) is 5.92 Å². The van der Waals surface area contributed by atoms with E-state index < -0.39 is 40.9 Å². The quantitative estimate of drug-likeness (QED) is 0.772. The fourth-order valence-electron chi connectivity index (χ4n) is 1.85. The lowest BCUT2D eigenvalue weighted by atomic mass is 10.1. The normalized spacial score (nSPS) is 16.3. The van der Waals surface area contributed by atoms with E-state index in [0.717, 1.165) is 6.07 Å². The molecule has 1 unspecified atom stereocenters. The second-order valence-corrected chi connectivity index (χ2v) is 4.74. The van der Waals surface area contributed by atoms with Crippen molar-refractivity contribution < 1.29 is 27.9 Å². The van der Waals surface area contributed by atoms with E-state index in [0.29, 0.717) is 18.9 Å². The number of rotatable bonds is 4. The van der Waals surface area contributed by atoms with E-state index in [1.807, 2.05) is 0 Å². The Morgan fingerprint density at radius 1 is 1.33 bits per heavy atom. The first-order valence-electron chi connectivity index (χ1n) is 6.04. The minimum Gasteiger partial charge on any atom is -0.480 e. The number of carboxylic acids is 1. The molecule has 0 saturated heterocycles. The van der Waals surface area contributed by atoms with Gasteiger partial charge in [-0.25, -0.2) is 4.79 Å². The van der Waals surface area contributed by atoms with E-state index >= 15 is 0 Å². The highest BCUT2D eigenvalue weighted by Gasteiger charge is 2.38. The number of hydrogen-bond acceptors (Lipinski definition) is 3. The van der Waals surface area contributed by atoms with Crippen LogP contribution in [0.15, 0.2) is 16.9 Å². The Morgan fingerprint density at radius 2 is 1.95 bits per heavy atom. The Hall–Kier alpha value is -2.32. The maximum atomic E-state index is 12.4. The zero-order chi connectivity index (χ0) is 15.8. The van der Waals surface area contributed by atoms with Gasteiger partial charge in [0.05, 0.1) is 0 Å². The van der Waals surface area contributed by atoms with Gasteiger partial charge in [-0.05, 0) is 30.9 Å². The highest BCUT2D eigenvalue weighted by molar-refractivity contribution is 5.96. The lowest BCUT2D eigenvalue weighted by Crippen LogP contribution is -2.44. The zero-order valence-corrected chi connectivity index (χ0v) is 10.5. The van der Waals surface area contributed by atoms with Gasteiger partial charge in [-0.3, -0.25) is 9.59 Å². The molecular weight excluding hydrogens is 293 g/mol. The fraction of sp³-hybridized carbons (Fsp3) is 0.417. The maximum Gasteiger partial charge on any atom is 0.431 e. The van der Waals surface area contributed by atoms with Crippen molar-refractivity contribution in [3.63, 3.8) is 0 Å². The number of carboxylic acid groups (broad SMARTS) is 1. The molecule has 0 spiro atoms. The average Bonchev–Trinajstić information content (AvgIpc) is 3.18. The first-order valence-corrected chi connectivity index (χ1v) is 6.04. The van der Waals surface area contributed by atoms with E-state index in [1.54, 1.807) is 4.98 Å². The number of amides is 1. The van der Waals surface area contributed by atoms with E-state index in [-0.39, 0.29) is 5.92 Å². The number of H-pyrrole nitrogens is 1. The van der Waals surface area contributed by atoms with Crippen molar-refractivity contribution in [2.75, 3.05) is 0 Å². The molecule has 1 amide bonds. The molecule has 0 aromatic carbocycles. The summed E-state index contributed by atoms with van der Waals surface area (Å²) in [6, 6.07) is 0.144. The summed E-state index contributed by atoms with van der Waals surface area (Å²) in [6.07, 6.45) is -3.45. The van der Waals surface area contributed by atoms with Crippen LogP contribution in [0.3, 0.4) is 0 Å². The minimum atomic E-state index is -4.73. The second kappa shape index (κ2) is 5.23. The number of carbonyl (C=O) groups is 2. The van der Waals surface area contributed by atoms with Gasteiger partial charge in [0.2, 0.25) is 0 Å². The second-order valence-electron chi connectivity index (χ2n) is 4.74. The molecule has 3 N–H and O–H groups in total. The predicted octanol–water partition coefficient (Wildman–Crippen LogP) is 0.987. The maximum absolute atomic E-state index is 12.4. The highest BCUT2D eigenvalue weighted by Crippen LogP contribution is 2.32. The summed E-state index contributed by atoms with van der Waals surface area (Å²) < 4.78 is 37.1. The zero-order valence-electron chi connectivity index (χ0n) is 10.5. The van der Waals surface area contributed by atoms with Gasteiger partial charge in [0, 0.05) is 0 Å². The third-order valence-electron chi connectivity index (χ3n) is 3.11. The number of hydrogen-bond donors (Lipinski definition) is 3. The van der Waals surface area contributed by atoms with Crippen molar-refractivity contribution in [3.05, 3.63) is 33.7 Å². The van der Waals surface area contributed by atoms with Crippen LogP contribution in [0.1, 0.15) is 28.9 Å². The summed E-state index contributed by atoms with van der Waals surface area (Å²) >= 11 is 0. The van der Waals surface area contributed by atoms with E-state index in [1.165, 1.54) is 0 Å². The van der Waals surface area contributed by atoms with Crippen LogP contribution < -0.4 is 10.9 Å². The average molecular weight is 304 g/mol. The van der Waals surface area contributed by atoms with Crippen LogP contribution in [-0.2, 0) is 11.0 Å². The Bertz CT molecular complexity index is 634. The van der Waals surface area contributed by atoms with Crippen LogP contribution in [0, 0.1) is 5.92 Å². The summed E-state index contributed by atoms with van der Waals surface area (Å²) in [4.78, 5) is 35.8. The Morgan fingerprint density at radius 3 is 2.38 bits per heavy atom. The minimum absolute atomic E-state index is 0.208. The first-order chi connectivity index (χ1) is 9.70. The molecular formula is C12H11F3N2O4. The van der Waals surface area contributed by atoms with Crippen molar-refractivity contribution >= 4 is 11.9 Å². The summed E-state index contributed by atoms with van der Waals surface area (Å²) in [5.74, 6) is -2.46. The van der Waals surface area contributed by atoms with Crippen LogP contribution in [-0.4, -0.2) is 28.0 Å². The molecule has 6 nitrogen and oxygen atoms in total. The molecule has 114 valence electrons. The van der Waals surface area contributed by atoms with E-state index in [2.05, 4.69) is 5.32 Å². The molecule has 1 saturated carbocycles. The number of halogens is 3. The van der Waals surface area contributed by atoms with Gasteiger partial charge in [-0.1, -0.05) is 0 Å². The number of aromatic nitrogens is 1. The molecule has 1 fully saturated rings. The Balaban J connectivity index is 2.20. The molecule has 0 bridgehead atoms. The lowest BCUT2D eigenvalue weighted by Gasteiger charge is -2.13. The number of aliphatic carboxylic acids is 1. The molecule has 1 atom stereocenters. The first kappa shape index (κ1) is 15.1. The van der Waals surface area contributed by atoms with Crippen LogP contribution >= 0.6 is 0 Å². The van der Waals surface area contributed by atoms with Crippen LogP contribution in [0.2, 0.25) is 0 Å². The number of carbonyl (C=O) groups excluding carboxylic acids is 1. The van der Waals surface area contributed by atoms with E-state index in [9.17, 15) is 27.6 Å². The van der Waals surface area contributed by atoms with Crippen molar-refractivity contribution in [1.82, 2.24) is 10.3 Å². The monoisotopic (exact) mass is 304 g/mol. The molecule has 1 heterocycles. The molecule has 1 aliphatic carbocycles. The van der Waals surface area contributed by atoms with E-state index in [4.69, 9.17) is 5.11 Å².